The SMILES string of the molecule is O=C(CNCC1CC1)NCC1(CO)CCCC1. The molecule has 0 spiro atoms. The zero-order valence-corrected chi connectivity index (χ0v) is 10.5. The standard InChI is InChI=1S/C13H24N2O2/c16-10-13(5-1-2-6-13)9-15-12(17)8-14-7-11-3-4-11/h11,14,16H,1-10H2,(H,15,17). The van der Waals surface area contributed by atoms with Crippen LogP contribution in [0.1, 0.15) is 38.5 Å². The van der Waals surface area contributed by atoms with Gasteiger partial charge in [-0.2, -0.15) is 0 Å². The molecule has 0 aliphatic heterocycles. The molecule has 2 rings (SSSR count). The molecule has 98 valence electrons. The fourth-order valence-electron chi connectivity index (χ4n) is 2.58. The molecule has 0 unspecified atom stereocenters. The van der Waals surface area contributed by atoms with Gasteiger partial charge in [0.15, 0.2) is 0 Å². The van der Waals surface area contributed by atoms with Crippen LogP contribution in [-0.4, -0.2) is 37.3 Å². The van der Waals surface area contributed by atoms with E-state index in [9.17, 15) is 9.90 Å². The van der Waals surface area contributed by atoms with Crippen molar-refractivity contribution in [2.45, 2.75) is 38.5 Å². The molecule has 0 aromatic carbocycles. The maximum atomic E-state index is 11.6. The topological polar surface area (TPSA) is 61.4 Å². The average molecular weight is 240 g/mol. The summed E-state index contributed by atoms with van der Waals surface area (Å²) in [6, 6.07) is 0. The molecule has 2 saturated carbocycles. The molecular weight excluding hydrogens is 216 g/mol. The van der Waals surface area contributed by atoms with Crippen LogP contribution >= 0.6 is 0 Å². The van der Waals surface area contributed by atoms with Crippen LogP contribution in [-0.2, 0) is 4.79 Å². The maximum absolute atomic E-state index is 11.6. The van der Waals surface area contributed by atoms with E-state index in [-0.39, 0.29) is 17.9 Å². The fraction of sp³-hybridized carbons (Fsp3) is 0.923. The van der Waals surface area contributed by atoms with Crippen molar-refractivity contribution in [2.24, 2.45) is 11.3 Å². The van der Waals surface area contributed by atoms with Gasteiger partial charge in [-0.25, -0.2) is 0 Å². The molecule has 0 aromatic heterocycles. The Hall–Kier alpha value is -0.610. The summed E-state index contributed by atoms with van der Waals surface area (Å²) in [7, 11) is 0. The summed E-state index contributed by atoms with van der Waals surface area (Å²) in [6.45, 7) is 2.22. The Morgan fingerprint density at radius 1 is 1.29 bits per heavy atom. The normalized spacial score (nSPS) is 22.6. The highest BCUT2D eigenvalue weighted by atomic mass is 16.3. The Kier molecular flexibility index (Phi) is 4.40. The maximum Gasteiger partial charge on any atom is 0.233 e. The van der Waals surface area contributed by atoms with Crippen LogP contribution in [0.4, 0.5) is 0 Å². The highest BCUT2D eigenvalue weighted by Gasteiger charge is 2.33. The largest absolute Gasteiger partial charge is 0.396 e. The minimum Gasteiger partial charge on any atom is -0.396 e. The number of carbonyl (C=O) groups is 1. The third-order valence-electron chi connectivity index (χ3n) is 4.08. The van der Waals surface area contributed by atoms with Gasteiger partial charge in [-0.15, -0.1) is 0 Å². The lowest BCUT2D eigenvalue weighted by atomic mass is 9.87. The van der Waals surface area contributed by atoms with Crippen molar-refractivity contribution < 1.29 is 9.90 Å². The monoisotopic (exact) mass is 240 g/mol. The van der Waals surface area contributed by atoms with Crippen LogP contribution < -0.4 is 10.6 Å². The van der Waals surface area contributed by atoms with Gasteiger partial charge in [0.05, 0.1) is 13.2 Å². The molecule has 0 atom stereocenters. The second kappa shape index (κ2) is 5.83. The smallest absolute Gasteiger partial charge is 0.233 e. The lowest BCUT2D eigenvalue weighted by molar-refractivity contribution is -0.120. The van der Waals surface area contributed by atoms with E-state index in [1.165, 1.54) is 25.7 Å². The second-order valence-corrected chi connectivity index (χ2v) is 5.72. The van der Waals surface area contributed by atoms with E-state index >= 15 is 0 Å². The highest BCUT2D eigenvalue weighted by molar-refractivity contribution is 5.78. The number of rotatable bonds is 7. The fourth-order valence-corrected chi connectivity index (χ4v) is 2.58. The van der Waals surface area contributed by atoms with Crippen LogP contribution in [0.5, 0.6) is 0 Å². The molecule has 2 aliphatic rings. The van der Waals surface area contributed by atoms with Crippen LogP contribution in [0.3, 0.4) is 0 Å². The Balaban J connectivity index is 1.60. The molecule has 0 bridgehead atoms. The minimum atomic E-state index is -0.0356. The Morgan fingerprint density at radius 3 is 2.59 bits per heavy atom. The molecule has 3 N–H and O–H groups in total. The number of carbonyl (C=O) groups excluding carboxylic acids is 1. The molecule has 0 heterocycles. The Bertz CT molecular complexity index is 258. The number of amides is 1. The molecule has 0 saturated heterocycles. The quantitative estimate of drug-likeness (QED) is 0.612. The number of aliphatic hydroxyl groups is 1. The number of hydrogen-bond acceptors (Lipinski definition) is 3. The van der Waals surface area contributed by atoms with E-state index in [1.807, 2.05) is 0 Å². The van der Waals surface area contributed by atoms with E-state index in [1.54, 1.807) is 0 Å². The first kappa shape index (κ1) is 12.8. The van der Waals surface area contributed by atoms with E-state index in [4.69, 9.17) is 0 Å². The predicted octanol–water partition coefficient (Wildman–Crippen LogP) is 0.655. The molecule has 0 radical (unpaired) electrons. The first-order chi connectivity index (χ1) is 8.24. The molecule has 4 nitrogen and oxygen atoms in total. The van der Waals surface area contributed by atoms with Gasteiger partial charge in [0.1, 0.15) is 0 Å². The number of nitrogens with one attached hydrogen (secondary N) is 2. The van der Waals surface area contributed by atoms with Gasteiger partial charge in [0.25, 0.3) is 0 Å². The van der Waals surface area contributed by atoms with Crippen molar-refractivity contribution in [3.63, 3.8) is 0 Å². The number of hydrogen-bond donors (Lipinski definition) is 3. The van der Waals surface area contributed by atoms with Gasteiger partial charge < -0.3 is 15.7 Å². The van der Waals surface area contributed by atoms with Gasteiger partial charge in [-0.3, -0.25) is 4.79 Å². The summed E-state index contributed by atoms with van der Waals surface area (Å²) in [6.07, 6.45) is 7.05. The van der Waals surface area contributed by atoms with Crippen molar-refractivity contribution in [3.05, 3.63) is 0 Å². The van der Waals surface area contributed by atoms with Crippen LogP contribution in [0.25, 0.3) is 0 Å². The van der Waals surface area contributed by atoms with Gasteiger partial charge >= 0.3 is 0 Å². The van der Waals surface area contributed by atoms with Crippen molar-refractivity contribution in [3.8, 4) is 0 Å². The lowest BCUT2D eigenvalue weighted by Crippen LogP contribution is -2.42. The second-order valence-electron chi connectivity index (χ2n) is 5.72. The van der Waals surface area contributed by atoms with Crippen LogP contribution in [0.2, 0.25) is 0 Å². The van der Waals surface area contributed by atoms with E-state index in [0.717, 1.165) is 25.3 Å². The third-order valence-corrected chi connectivity index (χ3v) is 4.08. The van der Waals surface area contributed by atoms with Crippen LogP contribution in [0, 0.1) is 11.3 Å². The molecule has 2 fully saturated rings. The predicted molar refractivity (Wildman–Crippen MR) is 66.6 cm³/mol. The summed E-state index contributed by atoms with van der Waals surface area (Å²) in [5.74, 6) is 0.867. The summed E-state index contributed by atoms with van der Waals surface area (Å²) >= 11 is 0. The number of aliphatic hydroxyl groups excluding tert-OH is 1. The molecule has 2 aliphatic carbocycles. The van der Waals surface area contributed by atoms with E-state index in [0.29, 0.717) is 13.1 Å². The van der Waals surface area contributed by atoms with E-state index < -0.39 is 0 Å². The first-order valence-corrected chi connectivity index (χ1v) is 6.82. The van der Waals surface area contributed by atoms with Gasteiger partial charge in [-0.1, -0.05) is 12.8 Å². The average Bonchev–Trinajstić information content (AvgIpc) is 3.04. The van der Waals surface area contributed by atoms with E-state index in [2.05, 4.69) is 10.6 Å². The zero-order valence-electron chi connectivity index (χ0n) is 10.5. The van der Waals surface area contributed by atoms with Crippen molar-refractivity contribution in [2.75, 3.05) is 26.2 Å². The minimum absolute atomic E-state index is 0.0356. The summed E-state index contributed by atoms with van der Waals surface area (Å²) in [5, 5.41) is 15.5. The molecule has 0 aromatic rings. The lowest BCUT2D eigenvalue weighted by Gasteiger charge is -2.26. The van der Waals surface area contributed by atoms with Gasteiger partial charge in [0, 0.05) is 12.0 Å². The molecular formula is C13H24N2O2. The molecule has 1 amide bonds. The van der Waals surface area contributed by atoms with Crippen molar-refractivity contribution >= 4 is 5.91 Å². The van der Waals surface area contributed by atoms with Crippen molar-refractivity contribution in [1.29, 1.82) is 0 Å². The summed E-state index contributed by atoms with van der Waals surface area (Å²) in [5.41, 5.74) is -0.0356. The molecule has 17 heavy (non-hydrogen) atoms. The Labute approximate surface area is 103 Å². The summed E-state index contributed by atoms with van der Waals surface area (Å²) < 4.78 is 0. The van der Waals surface area contributed by atoms with Gasteiger partial charge in [0.2, 0.25) is 5.91 Å². The Morgan fingerprint density at radius 2 is 2.00 bits per heavy atom. The van der Waals surface area contributed by atoms with Crippen molar-refractivity contribution in [1.82, 2.24) is 10.6 Å². The zero-order chi connectivity index (χ0) is 12.1. The first-order valence-electron chi connectivity index (χ1n) is 6.82. The highest BCUT2D eigenvalue weighted by Crippen LogP contribution is 2.36. The summed E-state index contributed by atoms with van der Waals surface area (Å²) in [4.78, 5) is 11.6. The molecule has 4 heteroatoms. The van der Waals surface area contributed by atoms with Gasteiger partial charge in [-0.05, 0) is 38.1 Å². The van der Waals surface area contributed by atoms with Crippen LogP contribution in [0.15, 0.2) is 0 Å². The third kappa shape index (κ3) is 3.96.